The Balaban J connectivity index is 0.000000149. The molecule has 2 N–H and O–H groups in total. The summed E-state index contributed by atoms with van der Waals surface area (Å²) in [5, 5.41) is 17.5. The summed E-state index contributed by atoms with van der Waals surface area (Å²) in [5.41, 5.74) is -0.0895. The molecule has 246 valence electrons. The fourth-order valence-electron chi connectivity index (χ4n) is 10.5. The van der Waals surface area contributed by atoms with Crippen molar-refractivity contribution in [3.05, 3.63) is 12.3 Å². The number of aliphatic hydroxyl groups excluding tert-OH is 1. The van der Waals surface area contributed by atoms with Gasteiger partial charge >= 0.3 is 11.9 Å². The van der Waals surface area contributed by atoms with Crippen molar-refractivity contribution in [3.8, 4) is 0 Å². The molecule has 6 aliphatic rings. The van der Waals surface area contributed by atoms with Gasteiger partial charge in [0.1, 0.15) is 12.2 Å². The van der Waals surface area contributed by atoms with Crippen LogP contribution in [0.4, 0.5) is 0 Å². The molecule has 0 aromatic heterocycles. The van der Waals surface area contributed by atoms with Crippen LogP contribution in [0.1, 0.15) is 101 Å². The normalized spacial score (nSPS) is 45.2. The fraction of sp³-hybridized carbons (Fsp3) is 0.892. The summed E-state index contributed by atoms with van der Waals surface area (Å²) in [6.07, 6.45) is 7.01. The molecule has 0 heterocycles. The molecule has 0 aromatic carbocycles. The summed E-state index contributed by atoms with van der Waals surface area (Å²) >= 11 is 0. The summed E-state index contributed by atoms with van der Waals surface area (Å²) in [6.45, 7) is 24.4. The molecule has 15 atom stereocenters. The minimum Gasteiger partial charge on any atom is -0.493 e. The van der Waals surface area contributed by atoms with Crippen molar-refractivity contribution in [1.29, 1.82) is 0 Å². The maximum absolute atomic E-state index is 11.7. The minimum absolute atomic E-state index is 0.0267. The van der Waals surface area contributed by atoms with E-state index < -0.39 is 5.97 Å². The molecule has 6 bridgehead atoms. The minimum atomic E-state index is -0.568. The first-order chi connectivity index (χ1) is 20.0. The molecule has 6 aliphatic carbocycles. The summed E-state index contributed by atoms with van der Waals surface area (Å²) in [6, 6.07) is 0. The van der Waals surface area contributed by atoms with E-state index in [9.17, 15) is 9.59 Å². The van der Waals surface area contributed by atoms with E-state index in [0.29, 0.717) is 35.5 Å². The zero-order valence-corrected chi connectivity index (χ0v) is 28.6. The number of esters is 1. The molecule has 0 radical (unpaired) electrons. The van der Waals surface area contributed by atoms with Gasteiger partial charge in [-0.3, -0.25) is 9.59 Å². The highest BCUT2D eigenvalue weighted by Gasteiger charge is 2.53. The van der Waals surface area contributed by atoms with Crippen molar-refractivity contribution in [2.24, 2.45) is 88.8 Å². The molecule has 43 heavy (non-hydrogen) atoms. The second-order valence-electron chi connectivity index (χ2n) is 16.6. The quantitative estimate of drug-likeness (QED) is 0.239. The lowest BCUT2D eigenvalue weighted by Crippen LogP contribution is -2.31. The Morgan fingerprint density at radius 1 is 0.674 bits per heavy atom. The average molecular weight is 603 g/mol. The standard InChI is InChI=1S/C15H26O.C12H20O3.C10H16O2/c1-9-10(2)13-7-12(9)8-14(13)11(3)16-15(4,5)6;1-7-8(2)10-5-9(7)6-11(10)12(14)15-4-3-13;1-5-6(2)8-3-7(5)4-9(8)10(11)12/h9-10,12-14H,3,7-8H2,1-2,4-6H3;7-11,13H,3-6H2,1-2H3;5-9H,3-4H2,1-2H3,(H,11,12). The van der Waals surface area contributed by atoms with Crippen LogP contribution in [-0.4, -0.2) is 41.0 Å². The monoisotopic (exact) mass is 602 g/mol. The van der Waals surface area contributed by atoms with E-state index in [0.717, 1.165) is 60.0 Å². The van der Waals surface area contributed by atoms with Gasteiger partial charge < -0.3 is 19.7 Å². The number of fused-ring (bicyclic) bond motifs is 6. The highest BCUT2D eigenvalue weighted by molar-refractivity contribution is 5.73. The maximum atomic E-state index is 11.7. The number of aliphatic hydroxyl groups is 1. The first-order valence-electron chi connectivity index (χ1n) is 17.4. The highest BCUT2D eigenvalue weighted by atomic mass is 16.5. The Labute approximate surface area is 261 Å². The van der Waals surface area contributed by atoms with Gasteiger partial charge in [0, 0.05) is 5.92 Å². The van der Waals surface area contributed by atoms with Crippen molar-refractivity contribution < 1.29 is 29.3 Å². The molecule has 6 fully saturated rings. The predicted octanol–water partition coefficient (Wildman–Crippen LogP) is 7.69. The van der Waals surface area contributed by atoms with Crippen molar-refractivity contribution in [2.75, 3.05) is 13.2 Å². The third-order valence-electron chi connectivity index (χ3n) is 13.5. The van der Waals surface area contributed by atoms with Crippen LogP contribution in [0.15, 0.2) is 12.3 Å². The molecular weight excluding hydrogens is 540 g/mol. The fourth-order valence-corrected chi connectivity index (χ4v) is 10.5. The van der Waals surface area contributed by atoms with E-state index in [1.807, 2.05) is 0 Å². The second-order valence-corrected chi connectivity index (χ2v) is 16.6. The van der Waals surface area contributed by atoms with Crippen LogP contribution in [-0.2, 0) is 19.1 Å². The molecule has 6 saturated carbocycles. The van der Waals surface area contributed by atoms with Gasteiger partial charge in [-0.05, 0) is 130 Å². The number of carboxylic acid groups (broad SMARTS) is 1. The number of hydrogen-bond acceptors (Lipinski definition) is 5. The van der Waals surface area contributed by atoms with Crippen LogP contribution in [0.5, 0.6) is 0 Å². The molecule has 0 saturated heterocycles. The maximum Gasteiger partial charge on any atom is 0.309 e. The second kappa shape index (κ2) is 13.4. The molecule has 0 aromatic rings. The largest absolute Gasteiger partial charge is 0.493 e. The number of carboxylic acids is 1. The Hall–Kier alpha value is -1.56. The predicted molar refractivity (Wildman–Crippen MR) is 170 cm³/mol. The van der Waals surface area contributed by atoms with Gasteiger partial charge in [-0.15, -0.1) is 0 Å². The molecule has 6 rings (SSSR count). The van der Waals surface area contributed by atoms with Gasteiger partial charge in [0.15, 0.2) is 0 Å². The third-order valence-corrected chi connectivity index (χ3v) is 13.5. The molecule has 15 unspecified atom stereocenters. The lowest BCUT2D eigenvalue weighted by molar-refractivity contribution is -0.152. The van der Waals surface area contributed by atoms with Gasteiger partial charge in [0.25, 0.3) is 0 Å². The Bertz CT molecular complexity index is 994. The van der Waals surface area contributed by atoms with Gasteiger partial charge in [-0.1, -0.05) is 48.1 Å². The molecule has 0 amide bonds. The topological polar surface area (TPSA) is 93.1 Å². The Morgan fingerprint density at radius 2 is 1.07 bits per heavy atom. The first kappa shape index (κ1) is 34.3. The highest BCUT2D eigenvalue weighted by Crippen LogP contribution is 2.58. The van der Waals surface area contributed by atoms with E-state index in [2.05, 4.69) is 68.9 Å². The van der Waals surface area contributed by atoms with Gasteiger partial charge in [-0.25, -0.2) is 0 Å². The molecular formula is C37H62O6. The SMILES string of the molecule is C=C(OC(C)(C)C)C1CC2CC1C(C)C2C.CC1C2CC(C(=O)O)C(C2)C1C.CC1C2CC(C(=O)OCCO)C(C2)C1C. The van der Waals surface area contributed by atoms with E-state index in [1.165, 1.54) is 25.7 Å². The lowest BCUT2D eigenvalue weighted by Gasteiger charge is -2.35. The summed E-state index contributed by atoms with van der Waals surface area (Å²) in [5.74, 6) is 9.80. The van der Waals surface area contributed by atoms with E-state index in [-0.39, 0.29) is 36.6 Å². The number of allylic oxidation sites excluding steroid dienone is 1. The number of carbonyl (C=O) groups excluding carboxylic acids is 1. The van der Waals surface area contributed by atoms with E-state index in [4.69, 9.17) is 19.7 Å². The molecule has 0 spiro atoms. The van der Waals surface area contributed by atoms with Crippen LogP contribution < -0.4 is 0 Å². The van der Waals surface area contributed by atoms with Crippen LogP contribution in [0.25, 0.3) is 0 Å². The van der Waals surface area contributed by atoms with Crippen molar-refractivity contribution in [3.63, 3.8) is 0 Å². The Morgan fingerprint density at radius 3 is 1.44 bits per heavy atom. The van der Waals surface area contributed by atoms with Crippen LogP contribution in [0, 0.1) is 88.8 Å². The van der Waals surface area contributed by atoms with E-state index in [1.54, 1.807) is 0 Å². The zero-order chi connectivity index (χ0) is 32.0. The van der Waals surface area contributed by atoms with Gasteiger partial charge in [0.05, 0.1) is 24.2 Å². The van der Waals surface area contributed by atoms with E-state index >= 15 is 0 Å². The van der Waals surface area contributed by atoms with Crippen molar-refractivity contribution >= 4 is 11.9 Å². The smallest absolute Gasteiger partial charge is 0.309 e. The van der Waals surface area contributed by atoms with Gasteiger partial charge in [0.2, 0.25) is 0 Å². The van der Waals surface area contributed by atoms with Crippen molar-refractivity contribution in [1.82, 2.24) is 0 Å². The van der Waals surface area contributed by atoms with Gasteiger partial charge in [-0.2, -0.15) is 0 Å². The average Bonchev–Trinajstić information content (AvgIpc) is 3.77. The van der Waals surface area contributed by atoms with Crippen molar-refractivity contribution in [2.45, 2.75) is 106 Å². The third kappa shape index (κ3) is 7.15. The summed E-state index contributed by atoms with van der Waals surface area (Å²) in [4.78, 5) is 22.6. The number of hydrogen-bond donors (Lipinski definition) is 2. The number of aliphatic carboxylic acids is 1. The van der Waals surface area contributed by atoms with Crippen LogP contribution >= 0.6 is 0 Å². The molecule has 6 nitrogen and oxygen atoms in total. The molecule has 6 heteroatoms. The number of ether oxygens (including phenoxy) is 2. The summed E-state index contributed by atoms with van der Waals surface area (Å²) in [7, 11) is 0. The first-order valence-corrected chi connectivity index (χ1v) is 17.4. The Kier molecular flexibility index (Phi) is 10.7. The van der Waals surface area contributed by atoms with Crippen LogP contribution in [0.3, 0.4) is 0 Å². The molecule has 0 aliphatic heterocycles. The van der Waals surface area contributed by atoms with Crippen LogP contribution in [0.2, 0.25) is 0 Å². The number of rotatable bonds is 6. The zero-order valence-electron chi connectivity index (χ0n) is 28.6. The summed E-state index contributed by atoms with van der Waals surface area (Å²) < 4.78 is 11.0. The lowest BCUT2D eigenvalue weighted by atomic mass is 9.75. The number of carbonyl (C=O) groups is 2.